The van der Waals surface area contributed by atoms with Crippen molar-refractivity contribution in [2.45, 2.75) is 25.2 Å². The van der Waals surface area contributed by atoms with E-state index in [1.54, 1.807) is 7.11 Å². The van der Waals surface area contributed by atoms with E-state index in [4.69, 9.17) is 24.6 Å². The lowest BCUT2D eigenvalue weighted by Crippen LogP contribution is -2.25. The third kappa shape index (κ3) is 8.96. The molecule has 11 nitrogen and oxygen atoms in total. The molecule has 0 heterocycles. The summed E-state index contributed by atoms with van der Waals surface area (Å²) in [6, 6.07) is 31.2. The van der Waals surface area contributed by atoms with E-state index in [0.29, 0.717) is 30.9 Å². The minimum Gasteiger partial charge on any atom is -0.396 e. The molecule has 4 aromatic carbocycles. The van der Waals surface area contributed by atoms with E-state index in [1.807, 2.05) is 84.9 Å². The number of hydrogen-bond acceptors (Lipinski definition) is 9. The van der Waals surface area contributed by atoms with Gasteiger partial charge in [0.15, 0.2) is 0 Å². The van der Waals surface area contributed by atoms with Crippen molar-refractivity contribution in [3.05, 3.63) is 130 Å². The van der Waals surface area contributed by atoms with E-state index < -0.39 is 12.2 Å². The largest absolute Gasteiger partial charge is 0.433 e. The second-order valence-electron chi connectivity index (χ2n) is 11.3. The zero-order chi connectivity index (χ0) is 34.4. The Hall–Kier alpha value is -5.36. The predicted octanol–water partition coefficient (Wildman–Crippen LogP) is 5.56. The van der Waals surface area contributed by atoms with Crippen molar-refractivity contribution in [2.24, 2.45) is 10.3 Å². The van der Waals surface area contributed by atoms with Crippen molar-refractivity contribution >= 4 is 23.6 Å². The molecule has 0 bridgehead atoms. The molecule has 49 heavy (non-hydrogen) atoms. The minimum atomic E-state index is -0.713. The maximum Gasteiger partial charge on any atom is 0.433 e. The zero-order valence-corrected chi connectivity index (χ0v) is 27.3. The summed E-state index contributed by atoms with van der Waals surface area (Å²) in [6.07, 6.45) is 0.149. The number of carbonyl (C=O) groups is 2. The maximum atomic E-state index is 12.4. The van der Waals surface area contributed by atoms with Crippen LogP contribution in [0.5, 0.6) is 0 Å². The maximum absolute atomic E-state index is 12.4. The first-order chi connectivity index (χ1) is 24.0. The number of oxime groups is 2. The molecule has 0 atom stereocenters. The molecule has 254 valence electrons. The van der Waals surface area contributed by atoms with Crippen LogP contribution in [-0.4, -0.2) is 73.8 Å². The Kier molecular flexibility index (Phi) is 12.6. The van der Waals surface area contributed by atoms with Crippen LogP contribution < -0.4 is 10.6 Å². The lowest BCUT2D eigenvalue weighted by molar-refractivity contribution is 0.149. The van der Waals surface area contributed by atoms with Crippen LogP contribution in [0.1, 0.15) is 58.6 Å². The summed E-state index contributed by atoms with van der Waals surface area (Å²) >= 11 is 0. The van der Waals surface area contributed by atoms with Crippen molar-refractivity contribution in [3.8, 4) is 11.1 Å². The van der Waals surface area contributed by atoms with Gasteiger partial charge in [-0.25, -0.2) is 9.59 Å². The first kappa shape index (κ1) is 35.0. The number of fused-ring (bicyclic) bond motifs is 3. The van der Waals surface area contributed by atoms with Gasteiger partial charge in [-0.1, -0.05) is 95.2 Å². The smallest absolute Gasteiger partial charge is 0.396 e. The Balaban J connectivity index is 1.56. The zero-order valence-electron chi connectivity index (χ0n) is 27.3. The molecule has 2 amide bonds. The van der Waals surface area contributed by atoms with E-state index in [9.17, 15) is 9.59 Å². The summed E-state index contributed by atoms with van der Waals surface area (Å²) in [6.45, 7) is 1.00. The van der Waals surface area contributed by atoms with Gasteiger partial charge >= 0.3 is 12.2 Å². The van der Waals surface area contributed by atoms with Crippen molar-refractivity contribution in [1.29, 1.82) is 0 Å². The van der Waals surface area contributed by atoms with E-state index in [-0.39, 0.29) is 32.2 Å². The summed E-state index contributed by atoms with van der Waals surface area (Å²) in [5, 5.41) is 31.8. The second kappa shape index (κ2) is 17.7. The number of rotatable bonds is 15. The molecule has 0 spiro atoms. The first-order valence-electron chi connectivity index (χ1n) is 16.2. The van der Waals surface area contributed by atoms with E-state index >= 15 is 0 Å². The molecule has 1 aliphatic carbocycles. The van der Waals surface area contributed by atoms with Crippen molar-refractivity contribution in [2.75, 3.05) is 40.0 Å². The van der Waals surface area contributed by atoms with Gasteiger partial charge < -0.3 is 25.6 Å². The van der Waals surface area contributed by atoms with Crippen LogP contribution in [0.2, 0.25) is 0 Å². The summed E-state index contributed by atoms with van der Waals surface area (Å²) < 4.78 is 5.48. The molecular formula is C38H40N4O7. The number of carbonyl (C=O) groups excluding carboxylic acids is 2. The van der Waals surface area contributed by atoms with E-state index in [0.717, 1.165) is 50.9 Å². The first-order valence-corrected chi connectivity index (χ1v) is 16.2. The van der Waals surface area contributed by atoms with Gasteiger partial charge in [-0.3, -0.25) is 9.68 Å². The number of amides is 2. The fourth-order valence-corrected chi connectivity index (χ4v) is 5.71. The summed E-state index contributed by atoms with van der Waals surface area (Å²) in [4.78, 5) is 35.3. The monoisotopic (exact) mass is 664 g/mol. The highest BCUT2D eigenvalue weighted by molar-refractivity contribution is 6.15. The van der Waals surface area contributed by atoms with Crippen molar-refractivity contribution in [3.63, 3.8) is 0 Å². The van der Waals surface area contributed by atoms with Crippen LogP contribution in [0, 0.1) is 0 Å². The van der Waals surface area contributed by atoms with E-state index in [1.165, 1.54) is 0 Å². The molecule has 0 radical (unpaired) electrons. The number of methoxy groups -OCH3 is 1. The average Bonchev–Trinajstić information content (AvgIpc) is 3.44. The number of aliphatic hydroxyl groups excluding tert-OH is 2. The lowest BCUT2D eigenvalue weighted by atomic mass is 9.92. The Morgan fingerprint density at radius 1 is 0.653 bits per heavy atom. The molecule has 0 aromatic heterocycles. The molecule has 4 N–H and O–H groups in total. The van der Waals surface area contributed by atoms with Crippen molar-refractivity contribution in [1.82, 2.24) is 10.6 Å². The molecule has 0 saturated heterocycles. The van der Waals surface area contributed by atoms with E-state index in [2.05, 4.69) is 33.1 Å². The molecule has 0 aliphatic heterocycles. The van der Waals surface area contributed by atoms with Gasteiger partial charge in [0.05, 0.1) is 0 Å². The Labute approximate surface area is 285 Å². The van der Waals surface area contributed by atoms with Crippen molar-refractivity contribution < 1.29 is 34.2 Å². The van der Waals surface area contributed by atoms with Gasteiger partial charge in [0.2, 0.25) is 0 Å². The molecule has 5 rings (SSSR count). The van der Waals surface area contributed by atoms with Crippen LogP contribution in [0.25, 0.3) is 11.1 Å². The quantitative estimate of drug-likeness (QED) is 0.0563. The van der Waals surface area contributed by atoms with Gasteiger partial charge in [-0.2, -0.15) is 0 Å². The van der Waals surface area contributed by atoms with Crippen LogP contribution >= 0.6 is 0 Å². The lowest BCUT2D eigenvalue weighted by Gasteiger charge is -2.14. The molecule has 1 aliphatic rings. The highest BCUT2D eigenvalue weighted by atomic mass is 16.7. The summed E-state index contributed by atoms with van der Waals surface area (Å²) in [7, 11) is 1.69. The Morgan fingerprint density at radius 2 is 1.10 bits per heavy atom. The standard InChI is InChI=1S/C38H40N4O7/c1-47-23-18-32-30-16-14-28(35(26-10-4-2-5-11-26)41-48-37(45)39-19-8-21-43)24-33(30)34-25-29(15-17-31(32)34)36(27-12-6-3-7-13-27)42-49-38(46)40-20-9-22-44/h2-7,10-17,24-25,32,43-44H,8-9,18-23H2,1H3,(H,39,45)(H,40,46)/b41-35+,42-36+. The Morgan fingerprint density at radius 3 is 1.51 bits per heavy atom. The normalized spacial score (nSPS) is 12.6. The predicted molar refractivity (Wildman–Crippen MR) is 187 cm³/mol. The number of nitrogens with zero attached hydrogens (tertiary/aromatic N) is 2. The molecular weight excluding hydrogens is 624 g/mol. The highest BCUT2D eigenvalue weighted by Crippen LogP contribution is 2.47. The second-order valence-corrected chi connectivity index (χ2v) is 11.3. The molecule has 4 aromatic rings. The van der Waals surface area contributed by atoms with Crippen LogP contribution in [0.15, 0.2) is 107 Å². The topological polar surface area (TPSA) is 151 Å². The summed E-state index contributed by atoms with van der Waals surface area (Å²) in [5.74, 6) is 0.0735. The van der Waals surface area contributed by atoms with Gasteiger partial charge in [0.1, 0.15) is 11.4 Å². The van der Waals surface area contributed by atoms with Crippen LogP contribution in [0.3, 0.4) is 0 Å². The number of nitrogens with one attached hydrogen (secondary N) is 2. The molecule has 0 fully saturated rings. The summed E-state index contributed by atoms with van der Waals surface area (Å²) in [5.41, 5.74) is 8.21. The molecule has 0 unspecified atom stereocenters. The molecule has 11 heteroatoms. The van der Waals surface area contributed by atoms with Crippen LogP contribution in [-0.2, 0) is 14.4 Å². The van der Waals surface area contributed by atoms with Gasteiger partial charge in [0.25, 0.3) is 0 Å². The number of ether oxygens (including phenoxy) is 1. The molecule has 0 saturated carbocycles. The SMILES string of the molecule is COCCC1c2ccc(/C(=N/OC(=O)NCCCO)c3ccccc3)cc2-c2cc(/C(=N/OC(=O)NCCCO)c3ccccc3)ccc21. The third-order valence-corrected chi connectivity index (χ3v) is 8.05. The number of aliphatic hydroxyl groups is 2. The van der Waals surface area contributed by atoms with Gasteiger partial charge in [-0.15, -0.1) is 0 Å². The van der Waals surface area contributed by atoms with Gasteiger partial charge in [-0.05, 0) is 53.6 Å². The highest BCUT2D eigenvalue weighted by Gasteiger charge is 2.30. The fourth-order valence-electron chi connectivity index (χ4n) is 5.71. The fraction of sp³-hybridized carbons (Fsp3) is 0.263. The van der Waals surface area contributed by atoms with Gasteiger partial charge in [0, 0.05) is 68.2 Å². The average molecular weight is 665 g/mol. The third-order valence-electron chi connectivity index (χ3n) is 8.05. The Bertz CT molecular complexity index is 1650. The number of hydrogen-bond donors (Lipinski definition) is 4. The number of benzene rings is 4. The minimum absolute atomic E-state index is 0.0466. The van der Waals surface area contributed by atoms with Crippen LogP contribution in [0.4, 0.5) is 9.59 Å².